The molecule has 0 saturated heterocycles. The van der Waals surface area contributed by atoms with E-state index in [0.29, 0.717) is 11.6 Å². The van der Waals surface area contributed by atoms with Crippen molar-refractivity contribution in [1.82, 2.24) is 24.9 Å². The van der Waals surface area contributed by atoms with E-state index in [4.69, 9.17) is 29.4 Å². The Labute approximate surface area is 616 Å². The van der Waals surface area contributed by atoms with Gasteiger partial charge in [-0.1, -0.05) is 340 Å². The summed E-state index contributed by atoms with van der Waals surface area (Å²) < 4.78 is 13.2. The Morgan fingerprint density at radius 2 is 0.500 bits per heavy atom. The number of hydrogen-bond acceptors (Lipinski definition) is 7. The van der Waals surface area contributed by atoms with Gasteiger partial charge >= 0.3 is 0 Å². The predicted molar refractivity (Wildman–Crippen MR) is 428 cm³/mol. The zero-order valence-electron chi connectivity index (χ0n) is 57.7. The largest absolute Gasteiger partial charge is 0.457 e. The summed E-state index contributed by atoms with van der Waals surface area (Å²) in [5.41, 5.74) is 23.7. The average Bonchev–Trinajstić information content (AvgIpc) is 0.708. The summed E-state index contributed by atoms with van der Waals surface area (Å²) in [6, 6.07) is 140. The van der Waals surface area contributed by atoms with Crippen LogP contribution in [0.1, 0.15) is 44.5 Å². The van der Waals surface area contributed by atoms with Gasteiger partial charge in [-0.2, -0.15) is 0 Å². The molecule has 7 nitrogen and oxygen atoms in total. The highest BCUT2D eigenvalue weighted by molar-refractivity contribution is 5.87. The molecule has 5 heterocycles. The molecular weight excluding hydrogens is 1290 g/mol. The molecule has 2 aliphatic rings. The second-order valence-electron chi connectivity index (χ2n) is 26.5. The summed E-state index contributed by atoms with van der Waals surface area (Å²) in [4.78, 5) is 25.1. The van der Waals surface area contributed by atoms with Crippen LogP contribution in [0, 0.1) is 0 Å². The summed E-state index contributed by atoms with van der Waals surface area (Å²) in [6.07, 6.45) is 1.80. The first-order valence-corrected chi connectivity index (χ1v) is 35.8. The van der Waals surface area contributed by atoms with Crippen molar-refractivity contribution >= 4 is 0 Å². The Hall–Kier alpha value is -14.0. The van der Waals surface area contributed by atoms with Crippen LogP contribution in [-0.4, -0.2) is 24.9 Å². The molecule has 3 aromatic heterocycles. The van der Waals surface area contributed by atoms with Gasteiger partial charge in [0, 0.05) is 56.3 Å². The zero-order valence-corrected chi connectivity index (χ0v) is 57.7. The van der Waals surface area contributed by atoms with E-state index in [1.165, 1.54) is 22.3 Å². The van der Waals surface area contributed by atoms with Gasteiger partial charge in [0.15, 0.2) is 11.6 Å². The van der Waals surface area contributed by atoms with E-state index in [0.717, 1.165) is 135 Å². The van der Waals surface area contributed by atoms with E-state index in [1.54, 1.807) is 6.20 Å². The van der Waals surface area contributed by atoms with Gasteiger partial charge in [0.05, 0.1) is 39.3 Å². The quantitative estimate of drug-likeness (QED) is 0.114. The topological polar surface area (TPSA) is 82.9 Å². The maximum Gasteiger partial charge on any atom is 0.160 e. The number of rotatable bonds is 13. The molecule has 0 radical (unpaired) electrons. The Morgan fingerprint density at radius 1 is 0.189 bits per heavy atom. The molecular formula is C99H67N5O2. The third-order valence-corrected chi connectivity index (χ3v) is 20.3. The second-order valence-corrected chi connectivity index (χ2v) is 26.5. The minimum Gasteiger partial charge on any atom is -0.457 e. The molecule has 14 aromatic carbocycles. The maximum atomic E-state index is 6.62. The normalized spacial score (nSPS) is 12.6. The molecule has 500 valence electrons. The van der Waals surface area contributed by atoms with Crippen molar-refractivity contribution in [2.75, 3.05) is 0 Å². The molecule has 0 spiro atoms. The van der Waals surface area contributed by atoms with E-state index >= 15 is 0 Å². The Morgan fingerprint density at radius 3 is 0.925 bits per heavy atom. The molecule has 0 atom stereocenters. The van der Waals surface area contributed by atoms with Crippen LogP contribution in [0.5, 0.6) is 23.0 Å². The number of nitrogens with zero attached hydrogens (tertiary/aromatic N) is 5. The van der Waals surface area contributed by atoms with Crippen molar-refractivity contribution in [3.8, 4) is 124 Å². The van der Waals surface area contributed by atoms with E-state index in [-0.39, 0.29) is 0 Å². The molecule has 19 rings (SSSR count). The molecule has 7 heteroatoms. The first kappa shape index (κ1) is 64.1. The fourth-order valence-electron chi connectivity index (χ4n) is 15.7. The van der Waals surface area contributed by atoms with Gasteiger partial charge in [-0.3, -0.25) is 4.98 Å². The molecule has 0 saturated carbocycles. The Bertz CT molecular complexity index is 5890. The molecule has 0 aliphatic carbocycles. The molecule has 2 aliphatic heterocycles. The first-order chi connectivity index (χ1) is 52.6. The van der Waals surface area contributed by atoms with Crippen molar-refractivity contribution in [1.29, 1.82) is 0 Å². The summed E-state index contributed by atoms with van der Waals surface area (Å²) >= 11 is 0. The Balaban J connectivity index is 0.000000151. The number of pyridine rings is 1. The average molecular weight is 1360 g/mol. The van der Waals surface area contributed by atoms with Crippen molar-refractivity contribution in [2.45, 2.75) is 10.8 Å². The minimum atomic E-state index is -0.650. The molecule has 0 N–H and O–H groups in total. The van der Waals surface area contributed by atoms with E-state index < -0.39 is 10.8 Å². The van der Waals surface area contributed by atoms with Gasteiger partial charge in [-0.25, -0.2) is 19.9 Å². The van der Waals surface area contributed by atoms with Gasteiger partial charge in [-0.15, -0.1) is 0 Å². The highest BCUT2D eigenvalue weighted by Crippen LogP contribution is 2.59. The summed E-state index contributed by atoms with van der Waals surface area (Å²) in [6.45, 7) is 0. The van der Waals surface area contributed by atoms with Gasteiger partial charge < -0.3 is 9.47 Å². The van der Waals surface area contributed by atoms with Gasteiger partial charge in [0.2, 0.25) is 0 Å². The monoisotopic (exact) mass is 1360 g/mol. The highest BCUT2D eigenvalue weighted by Gasteiger charge is 2.48. The van der Waals surface area contributed by atoms with Crippen molar-refractivity contribution in [3.63, 3.8) is 0 Å². The van der Waals surface area contributed by atoms with Gasteiger partial charge in [0.1, 0.15) is 23.0 Å². The van der Waals surface area contributed by atoms with Crippen LogP contribution in [0.4, 0.5) is 0 Å². The SMILES string of the molecule is c1ccc(-c2nc(-c3cccc(-c4ccccc4C4(c5ccccc5)c5ccccc5Oc5ccccc54)c3)cc(-c3ccccc3-c3ccccc3)n2)cc1.c1ccc(-c2nc(-c3cccc(-c4ccccc4C4(c5ccccc5)c5ccccc5Oc5ccccc54)c3)cc(-c3ccccn3)n2)cc1. The Kier molecular flexibility index (Phi) is 17.0. The van der Waals surface area contributed by atoms with Crippen LogP contribution in [0.25, 0.3) is 101 Å². The smallest absolute Gasteiger partial charge is 0.160 e. The number of ether oxygens (including phenoxy) is 2. The van der Waals surface area contributed by atoms with Crippen LogP contribution in [0.3, 0.4) is 0 Å². The molecule has 17 aromatic rings. The number of fused-ring (bicyclic) bond motifs is 4. The van der Waals surface area contributed by atoms with Crippen LogP contribution in [0.15, 0.2) is 407 Å². The minimum absolute atomic E-state index is 0.638. The van der Waals surface area contributed by atoms with Crippen molar-refractivity contribution in [3.05, 3.63) is 451 Å². The van der Waals surface area contributed by atoms with Gasteiger partial charge in [-0.05, 0) is 116 Å². The van der Waals surface area contributed by atoms with E-state index in [9.17, 15) is 0 Å². The lowest BCUT2D eigenvalue weighted by molar-refractivity contribution is 0.434. The lowest BCUT2D eigenvalue weighted by Gasteiger charge is -2.42. The lowest BCUT2D eigenvalue weighted by Crippen LogP contribution is -2.34. The summed E-state index contributed by atoms with van der Waals surface area (Å²) in [7, 11) is 0. The number of para-hydroxylation sites is 4. The van der Waals surface area contributed by atoms with Crippen LogP contribution in [0.2, 0.25) is 0 Å². The summed E-state index contributed by atoms with van der Waals surface area (Å²) in [5.74, 6) is 4.77. The van der Waals surface area contributed by atoms with E-state index in [2.05, 4.69) is 320 Å². The van der Waals surface area contributed by atoms with Crippen LogP contribution < -0.4 is 9.47 Å². The third kappa shape index (κ3) is 11.7. The molecule has 0 fully saturated rings. The fourth-order valence-corrected chi connectivity index (χ4v) is 15.7. The fraction of sp³-hybridized carbons (Fsp3) is 0.0202. The van der Waals surface area contributed by atoms with Crippen LogP contribution in [-0.2, 0) is 10.8 Å². The molecule has 0 unspecified atom stereocenters. The predicted octanol–water partition coefficient (Wildman–Crippen LogP) is 24.3. The molecule has 0 amide bonds. The van der Waals surface area contributed by atoms with Gasteiger partial charge in [0.25, 0.3) is 0 Å². The molecule has 0 bridgehead atoms. The summed E-state index contributed by atoms with van der Waals surface area (Å²) in [5, 5.41) is 0. The van der Waals surface area contributed by atoms with Crippen molar-refractivity contribution < 1.29 is 9.47 Å². The zero-order chi connectivity index (χ0) is 70.6. The van der Waals surface area contributed by atoms with E-state index in [1.807, 2.05) is 84.9 Å². The van der Waals surface area contributed by atoms with Crippen molar-refractivity contribution in [2.24, 2.45) is 0 Å². The first-order valence-electron chi connectivity index (χ1n) is 35.8. The number of aromatic nitrogens is 5. The highest BCUT2D eigenvalue weighted by atomic mass is 16.5. The molecule has 106 heavy (non-hydrogen) atoms. The third-order valence-electron chi connectivity index (χ3n) is 20.3. The number of benzene rings is 14. The second kappa shape index (κ2) is 28.1. The number of hydrogen-bond donors (Lipinski definition) is 0. The van der Waals surface area contributed by atoms with Crippen LogP contribution >= 0.6 is 0 Å². The lowest BCUT2D eigenvalue weighted by atomic mass is 9.62. The maximum absolute atomic E-state index is 6.62. The standard InChI is InChI=1S/C53H36N2O.C46H31N3O/c1-4-19-37(20-5-1)42-27-10-11-29-44(42)49-36-48(54-52(55-49)38-21-6-2-7-22-38)40-24-18-23-39(35-40)43-28-12-13-30-45(43)53(41-25-8-3-9-26-41)46-31-14-16-33-50(46)56-51-34-17-15-32-47(51)53;1-3-16-32(17-4-1)45-48-41(31-42(49-45)40-26-13-14-29-47-40)34-19-15-18-33(30-34)36-22-7-8-23-37(36)46(35-20-5-2-6-21-35)38-24-9-11-27-43(38)50-44-28-12-10-25-39(44)46/h1-36H;1-31H.